The maximum atomic E-state index is 13.9. The zero-order valence-electron chi connectivity index (χ0n) is 9.96. The molecule has 2 rings (SSSR count). The summed E-state index contributed by atoms with van der Waals surface area (Å²) in [6.07, 6.45) is 1.90. The number of halogens is 1. The molecule has 0 atom stereocenters. The second kappa shape index (κ2) is 4.42. The minimum absolute atomic E-state index is 0.104. The van der Waals surface area contributed by atoms with Crippen LogP contribution in [0, 0.1) is 19.7 Å². The summed E-state index contributed by atoms with van der Waals surface area (Å²) in [5.41, 5.74) is 8.62. The predicted octanol–water partition coefficient (Wildman–Crippen LogP) is 2.37. The van der Waals surface area contributed by atoms with Crippen LogP contribution < -0.4 is 10.6 Å². The summed E-state index contributed by atoms with van der Waals surface area (Å²) >= 11 is 0. The molecule has 1 aliphatic rings. The van der Waals surface area contributed by atoms with Crippen molar-refractivity contribution in [3.8, 4) is 0 Å². The van der Waals surface area contributed by atoms with E-state index in [4.69, 9.17) is 5.73 Å². The summed E-state index contributed by atoms with van der Waals surface area (Å²) in [7, 11) is 0. The molecular formula is C13H19FN2. The summed E-state index contributed by atoms with van der Waals surface area (Å²) < 4.78 is 13.9. The maximum absolute atomic E-state index is 13.9. The molecule has 88 valence electrons. The summed E-state index contributed by atoms with van der Waals surface area (Å²) in [6, 6.07) is 3.93. The Morgan fingerprint density at radius 2 is 1.88 bits per heavy atom. The van der Waals surface area contributed by atoms with E-state index in [1.165, 1.54) is 0 Å². The second-order valence-corrected chi connectivity index (χ2v) is 4.74. The van der Waals surface area contributed by atoms with Gasteiger partial charge >= 0.3 is 0 Å². The van der Waals surface area contributed by atoms with Gasteiger partial charge in [-0.3, -0.25) is 0 Å². The first-order chi connectivity index (χ1) is 7.58. The highest BCUT2D eigenvalue weighted by atomic mass is 19.1. The first kappa shape index (κ1) is 11.4. The van der Waals surface area contributed by atoms with Crippen molar-refractivity contribution in [1.82, 2.24) is 0 Å². The third kappa shape index (κ3) is 2.19. The number of anilines is 1. The lowest BCUT2D eigenvalue weighted by molar-refractivity contribution is 0.493. The van der Waals surface area contributed by atoms with Crippen molar-refractivity contribution < 1.29 is 4.39 Å². The van der Waals surface area contributed by atoms with E-state index in [0.717, 1.165) is 42.7 Å². The highest BCUT2D eigenvalue weighted by Gasteiger charge is 2.20. The van der Waals surface area contributed by atoms with Gasteiger partial charge in [0.2, 0.25) is 0 Å². The summed E-state index contributed by atoms with van der Waals surface area (Å²) in [6.45, 7) is 5.62. The number of rotatable bonds is 1. The molecule has 2 N–H and O–H groups in total. The van der Waals surface area contributed by atoms with Crippen molar-refractivity contribution in [3.05, 3.63) is 29.1 Å². The predicted molar refractivity (Wildman–Crippen MR) is 65.3 cm³/mol. The number of nitrogens with zero attached hydrogens (tertiary/aromatic N) is 1. The van der Waals surface area contributed by atoms with Crippen LogP contribution in [0.3, 0.4) is 0 Å². The molecule has 0 bridgehead atoms. The minimum atomic E-state index is -0.104. The van der Waals surface area contributed by atoms with Gasteiger partial charge in [0.05, 0.1) is 5.69 Å². The lowest BCUT2D eigenvalue weighted by atomic mass is 10.0. The highest BCUT2D eigenvalue weighted by molar-refractivity contribution is 5.56. The number of piperidine rings is 1. The van der Waals surface area contributed by atoms with Crippen LogP contribution in [0.5, 0.6) is 0 Å². The van der Waals surface area contributed by atoms with Crippen molar-refractivity contribution >= 4 is 5.69 Å². The Hall–Kier alpha value is -1.09. The molecule has 1 aromatic rings. The van der Waals surface area contributed by atoms with Crippen LogP contribution in [0.2, 0.25) is 0 Å². The average molecular weight is 222 g/mol. The van der Waals surface area contributed by atoms with E-state index < -0.39 is 0 Å². The van der Waals surface area contributed by atoms with E-state index in [0.29, 0.717) is 0 Å². The smallest absolute Gasteiger partial charge is 0.147 e. The zero-order chi connectivity index (χ0) is 11.7. The summed E-state index contributed by atoms with van der Waals surface area (Å²) in [5, 5.41) is 0. The van der Waals surface area contributed by atoms with Crippen LogP contribution >= 0.6 is 0 Å². The number of nitrogens with two attached hydrogens (primary N) is 1. The molecule has 1 heterocycles. The molecule has 0 aliphatic carbocycles. The first-order valence-electron chi connectivity index (χ1n) is 5.85. The Kier molecular flexibility index (Phi) is 3.15. The molecule has 0 radical (unpaired) electrons. The molecule has 0 saturated carbocycles. The number of hydrogen-bond acceptors (Lipinski definition) is 2. The molecule has 1 aromatic carbocycles. The third-order valence-corrected chi connectivity index (χ3v) is 3.25. The number of aryl methyl sites for hydroxylation is 2. The molecule has 2 nitrogen and oxygen atoms in total. The van der Waals surface area contributed by atoms with Gasteiger partial charge in [-0.15, -0.1) is 0 Å². The van der Waals surface area contributed by atoms with Crippen LogP contribution in [0.15, 0.2) is 12.1 Å². The van der Waals surface area contributed by atoms with Crippen LogP contribution in [0.4, 0.5) is 10.1 Å². The Balaban J connectivity index is 2.26. The number of benzene rings is 1. The van der Waals surface area contributed by atoms with Crippen molar-refractivity contribution in [3.63, 3.8) is 0 Å². The molecule has 0 unspecified atom stereocenters. The third-order valence-electron chi connectivity index (χ3n) is 3.25. The highest BCUT2D eigenvalue weighted by Crippen LogP contribution is 2.27. The number of hydrogen-bond donors (Lipinski definition) is 1. The molecular weight excluding hydrogens is 203 g/mol. The van der Waals surface area contributed by atoms with E-state index in [1.807, 2.05) is 19.9 Å². The fourth-order valence-corrected chi connectivity index (χ4v) is 2.43. The monoisotopic (exact) mass is 222 g/mol. The van der Waals surface area contributed by atoms with Crippen molar-refractivity contribution in [1.29, 1.82) is 0 Å². The maximum Gasteiger partial charge on any atom is 0.147 e. The first-order valence-corrected chi connectivity index (χ1v) is 5.85. The van der Waals surface area contributed by atoms with Crippen molar-refractivity contribution in [2.75, 3.05) is 18.0 Å². The molecule has 16 heavy (non-hydrogen) atoms. The van der Waals surface area contributed by atoms with E-state index >= 15 is 0 Å². The second-order valence-electron chi connectivity index (χ2n) is 4.74. The summed E-state index contributed by atoms with van der Waals surface area (Å²) in [5.74, 6) is -0.104. The van der Waals surface area contributed by atoms with Crippen LogP contribution in [0.1, 0.15) is 24.0 Å². The van der Waals surface area contributed by atoms with Gasteiger partial charge < -0.3 is 10.6 Å². The lowest BCUT2D eigenvalue weighted by Crippen LogP contribution is -2.40. The van der Waals surface area contributed by atoms with Crippen LogP contribution in [-0.2, 0) is 0 Å². The van der Waals surface area contributed by atoms with Gasteiger partial charge in [-0.25, -0.2) is 4.39 Å². The quantitative estimate of drug-likeness (QED) is 0.790. The zero-order valence-corrected chi connectivity index (χ0v) is 9.96. The molecule has 1 saturated heterocycles. The Morgan fingerprint density at radius 3 is 2.44 bits per heavy atom. The fraction of sp³-hybridized carbons (Fsp3) is 0.538. The molecule has 0 spiro atoms. The van der Waals surface area contributed by atoms with E-state index in [9.17, 15) is 4.39 Å². The fourth-order valence-electron chi connectivity index (χ4n) is 2.43. The standard InChI is InChI=1S/C13H19FN2/c1-9-7-10(2)13(12(14)8-9)16-5-3-11(15)4-6-16/h7-8,11H,3-6,15H2,1-2H3. The topological polar surface area (TPSA) is 29.3 Å². The van der Waals surface area contributed by atoms with Gasteiger partial charge in [-0.05, 0) is 43.9 Å². The van der Waals surface area contributed by atoms with E-state index in [-0.39, 0.29) is 11.9 Å². The van der Waals surface area contributed by atoms with Gasteiger partial charge in [0.1, 0.15) is 5.82 Å². The van der Waals surface area contributed by atoms with E-state index in [1.54, 1.807) is 6.07 Å². The average Bonchev–Trinajstić information content (AvgIpc) is 2.19. The van der Waals surface area contributed by atoms with Gasteiger partial charge in [-0.2, -0.15) is 0 Å². The Bertz CT molecular complexity index is 359. The van der Waals surface area contributed by atoms with Crippen molar-refractivity contribution in [2.24, 2.45) is 5.73 Å². The normalized spacial score (nSPS) is 17.9. The van der Waals surface area contributed by atoms with Gasteiger partial charge in [-0.1, -0.05) is 6.07 Å². The lowest BCUT2D eigenvalue weighted by Gasteiger charge is -2.33. The van der Waals surface area contributed by atoms with Gasteiger partial charge in [0, 0.05) is 19.1 Å². The molecule has 0 aromatic heterocycles. The van der Waals surface area contributed by atoms with Crippen molar-refractivity contribution in [2.45, 2.75) is 32.7 Å². The van der Waals surface area contributed by atoms with Crippen LogP contribution in [0.25, 0.3) is 0 Å². The summed E-state index contributed by atoms with van der Waals surface area (Å²) in [4.78, 5) is 2.12. The Labute approximate surface area is 96.2 Å². The molecule has 0 amide bonds. The minimum Gasteiger partial charge on any atom is -0.369 e. The molecule has 1 aliphatic heterocycles. The van der Waals surface area contributed by atoms with Gasteiger partial charge in [0.15, 0.2) is 0 Å². The van der Waals surface area contributed by atoms with E-state index in [2.05, 4.69) is 4.90 Å². The SMILES string of the molecule is Cc1cc(C)c(N2CCC(N)CC2)c(F)c1. The molecule has 1 fully saturated rings. The molecule has 3 heteroatoms. The van der Waals surface area contributed by atoms with Crippen LogP contribution in [-0.4, -0.2) is 19.1 Å². The largest absolute Gasteiger partial charge is 0.369 e. The van der Waals surface area contributed by atoms with Gasteiger partial charge in [0.25, 0.3) is 0 Å². The Morgan fingerprint density at radius 1 is 1.25 bits per heavy atom.